The lowest BCUT2D eigenvalue weighted by Gasteiger charge is -2.08. The van der Waals surface area contributed by atoms with Crippen LogP contribution in [0.1, 0.15) is 6.42 Å². The minimum atomic E-state index is -1.22. The molecule has 82 valence electrons. The molecule has 0 unspecified atom stereocenters. The van der Waals surface area contributed by atoms with Crippen molar-refractivity contribution in [2.75, 3.05) is 5.01 Å². The molecule has 1 N–H and O–H groups in total. The Bertz CT molecular complexity index is 485. The molecule has 1 aromatic heterocycles. The van der Waals surface area contributed by atoms with Gasteiger partial charge in [0, 0.05) is 0 Å². The fourth-order valence-corrected chi connectivity index (χ4v) is 1.25. The first-order valence-corrected chi connectivity index (χ1v) is 4.58. The number of aliphatic carboxylic acids is 1. The van der Waals surface area contributed by atoms with Crippen LogP contribution in [0.15, 0.2) is 17.2 Å². The minimum absolute atomic E-state index is 0.144. The molecule has 0 saturated carbocycles. The molecule has 0 radical (unpaired) electrons. The molecule has 8 heteroatoms. The number of halogens is 1. The van der Waals surface area contributed by atoms with Gasteiger partial charge in [0.05, 0.1) is 6.42 Å². The molecule has 0 fully saturated rings. The summed E-state index contributed by atoms with van der Waals surface area (Å²) in [6.45, 7) is 0. The molecular formula is C8H5ClN4O3. The Morgan fingerprint density at radius 3 is 2.69 bits per heavy atom. The van der Waals surface area contributed by atoms with Gasteiger partial charge in [-0.25, -0.2) is 4.79 Å². The third-order valence-electron chi connectivity index (χ3n) is 1.86. The summed E-state index contributed by atoms with van der Waals surface area (Å²) in [7, 11) is 0. The van der Waals surface area contributed by atoms with Gasteiger partial charge in [-0.2, -0.15) is 10.1 Å². The number of anilines is 1. The Kier molecular flexibility index (Phi) is 2.53. The second-order valence-electron chi connectivity index (χ2n) is 2.95. The number of carboxylic acids is 1. The second-order valence-corrected chi connectivity index (χ2v) is 3.34. The van der Waals surface area contributed by atoms with Crippen LogP contribution >= 0.6 is 11.6 Å². The Balaban J connectivity index is 2.31. The van der Waals surface area contributed by atoms with Crippen LogP contribution in [0.3, 0.4) is 0 Å². The van der Waals surface area contributed by atoms with E-state index in [0.29, 0.717) is 0 Å². The van der Waals surface area contributed by atoms with Crippen molar-refractivity contribution < 1.29 is 14.7 Å². The van der Waals surface area contributed by atoms with E-state index in [4.69, 9.17) is 16.7 Å². The summed E-state index contributed by atoms with van der Waals surface area (Å²) in [6, 6.07) is 2.87. The summed E-state index contributed by atoms with van der Waals surface area (Å²) in [5.74, 6) is -1.54. The van der Waals surface area contributed by atoms with Gasteiger partial charge in [-0.05, 0) is 12.1 Å². The first kappa shape index (κ1) is 10.5. The molecule has 1 aliphatic heterocycles. The van der Waals surface area contributed by atoms with Gasteiger partial charge >= 0.3 is 5.97 Å². The predicted octanol–water partition coefficient (Wildman–Crippen LogP) is 0.307. The number of aromatic nitrogens is 2. The number of carboxylic acid groups (broad SMARTS) is 1. The maximum Gasteiger partial charge on any atom is 0.352 e. The van der Waals surface area contributed by atoms with Crippen LogP contribution in [0.25, 0.3) is 0 Å². The molecule has 0 aliphatic carbocycles. The van der Waals surface area contributed by atoms with Crippen molar-refractivity contribution in [3.05, 3.63) is 17.3 Å². The standard InChI is InChI=1S/C8H5ClN4O3/c9-5-1-2-6(11-10-5)13-7(14)3-4(12-13)8(15)16/h1-2H,3H2,(H,15,16). The van der Waals surface area contributed by atoms with Gasteiger partial charge in [0.1, 0.15) is 0 Å². The zero-order valence-electron chi connectivity index (χ0n) is 7.79. The smallest absolute Gasteiger partial charge is 0.352 e. The third-order valence-corrected chi connectivity index (χ3v) is 2.06. The molecule has 0 aromatic carbocycles. The molecule has 2 rings (SSSR count). The maximum atomic E-state index is 11.4. The summed E-state index contributed by atoms with van der Waals surface area (Å²) in [5.41, 5.74) is -0.221. The quantitative estimate of drug-likeness (QED) is 0.802. The topological polar surface area (TPSA) is 95.8 Å². The van der Waals surface area contributed by atoms with Crippen LogP contribution in [-0.2, 0) is 9.59 Å². The van der Waals surface area contributed by atoms with E-state index in [0.717, 1.165) is 5.01 Å². The van der Waals surface area contributed by atoms with Gasteiger partial charge in [0.15, 0.2) is 16.7 Å². The average molecular weight is 241 g/mol. The lowest BCUT2D eigenvalue weighted by molar-refractivity contribution is -0.129. The molecule has 0 atom stereocenters. The first-order valence-electron chi connectivity index (χ1n) is 4.21. The van der Waals surface area contributed by atoms with E-state index < -0.39 is 11.9 Å². The summed E-state index contributed by atoms with van der Waals surface area (Å²) in [6.07, 6.45) is -0.250. The number of hydrogen-bond acceptors (Lipinski definition) is 5. The van der Waals surface area contributed by atoms with Gasteiger partial charge in [-0.15, -0.1) is 10.2 Å². The Hall–Kier alpha value is -2.02. The van der Waals surface area contributed by atoms with Crippen molar-refractivity contribution in [1.29, 1.82) is 0 Å². The highest BCUT2D eigenvalue weighted by atomic mass is 35.5. The zero-order chi connectivity index (χ0) is 11.7. The number of carbonyl (C=O) groups is 2. The minimum Gasteiger partial charge on any atom is -0.477 e. The molecule has 2 heterocycles. The van der Waals surface area contributed by atoms with Crippen molar-refractivity contribution in [2.45, 2.75) is 6.42 Å². The van der Waals surface area contributed by atoms with E-state index in [-0.39, 0.29) is 23.1 Å². The van der Waals surface area contributed by atoms with Crippen molar-refractivity contribution in [3.8, 4) is 0 Å². The number of hydrogen-bond donors (Lipinski definition) is 1. The molecule has 1 aliphatic rings. The lowest BCUT2D eigenvalue weighted by atomic mass is 10.3. The maximum absolute atomic E-state index is 11.4. The van der Waals surface area contributed by atoms with Crippen LogP contribution in [0, 0.1) is 0 Å². The fraction of sp³-hybridized carbons (Fsp3) is 0.125. The molecule has 0 saturated heterocycles. The SMILES string of the molecule is O=C(O)C1=NN(c2ccc(Cl)nn2)C(=O)C1. The summed E-state index contributed by atoms with van der Waals surface area (Å²) in [4.78, 5) is 22.0. The molecule has 1 amide bonds. The molecular weight excluding hydrogens is 236 g/mol. The van der Waals surface area contributed by atoms with Gasteiger partial charge in [0.2, 0.25) is 0 Å². The van der Waals surface area contributed by atoms with Crippen LogP contribution in [-0.4, -0.2) is 32.9 Å². The van der Waals surface area contributed by atoms with Crippen molar-refractivity contribution >= 4 is 35.0 Å². The number of amides is 1. The van der Waals surface area contributed by atoms with Crippen LogP contribution in [0.4, 0.5) is 5.82 Å². The number of hydrazone groups is 1. The van der Waals surface area contributed by atoms with Crippen LogP contribution < -0.4 is 5.01 Å². The highest BCUT2D eigenvalue weighted by molar-refractivity contribution is 6.42. The molecule has 0 bridgehead atoms. The summed E-state index contributed by atoms with van der Waals surface area (Å²) in [5, 5.41) is 20.5. The van der Waals surface area contributed by atoms with E-state index in [2.05, 4.69) is 15.3 Å². The van der Waals surface area contributed by atoms with E-state index in [1.165, 1.54) is 12.1 Å². The van der Waals surface area contributed by atoms with Crippen molar-refractivity contribution in [3.63, 3.8) is 0 Å². The summed E-state index contributed by atoms with van der Waals surface area (Å²) < 4.78 is 0. The second kappa shape index (κ2) is 3.86. The van der Waals surface area contributed by atoms with Gasteiger partial charge < -0.3 is 5.11 Å². The molecule has 1 aromatic rings. The van der Waals surface area contributed by atoms with E-state index in [9.17, 15) is 9.59 Å². The van der Waals surface area contributed by atoms with Crippen molar-refractivity contribution in [2.24, 2.45) is 5.10 Å². The Labute approximate surface area is 94.3 Å². The van der Waals surface area contributed by atoms with Gasteiger partial charge in [-0.3, -0.25) is 4.79 Å². The largest absolute Gasteiger partial charge is 0.477 e. The van der Waals surface area contributed by atoms with E-state index in [1.54, 1.807) is 0 Å². The third kappa shape index (κ3) is 1.84. The molecule has 16 heavy (non-hydrogen) atoms. The van der Waals surface area contributed by atoms with Gasteiger partial charge in [0.25, 0.3) is 5.91 Å². The Morgan fingerprint density at radius 2 is 2.19 bits per heavy atom. The number of nitrogens with zero attached hydrogens (tertiary/aromatic N) is 4. The highest BCUT2D eigenvalue weighted by Gasteiger charge is 2.30. The molecule has 0 spiro atoms. The highest BCUT2D eigenvalue weighted by Crippen LogP contribution is 2.18. The van der Waals surface area contributed by atoms with Crippen LogP contribution in [0.2, 0.25) is 5.15 Å². The first-order chi connectivity index (χ1) is 7.58. The van der Waals surface area contributed by atoms with Crippen molar-refractivity contribution in [1.82, 2.24) is 10.2 Å². The summed E-state index contributed by atoms with van der Waals surface area (Å²) >= 11 is 5.53. The number of rotatable bonds is 2. The zero-order valence-corrected chi connectivity index (χ0v) is 8.55. The van der Waals surface area contributed by atoms with E-state index in [1.807, 2.05) is 0 Å². The average Bonchev–Trinajstić information content (AvgIpc) is 2.62. The normalized spacial score (nSPS) is 15.2. The van der Waals surface area contributed by atoms with E-state index >= 15 is 0 Å². The lowest BCUT2D eigenvalue weighted by Crippen LogP contribution is -2.21. The van der Waals surface area contributed by atoms with Crippen LogP contribution in [0.5, 0.6) is 0 Å². The molecule has 7 nitrogen and oxygen atoms in total. The fourth-order valence-electron chi connectivity index (χ4n) is 1.15. The monoisotopic (exact) mass is 240 g/mol. The number of carbonyl (C=O) groups excluding carboxylic acids is 1. The Morgan fingerprint density at radius 1 is 1.44 bits per heavy atom. The predicted molar refractivity (Wildman–Crippen MR) is 54.2 cm³/mol. The van der Waals surface area contributed by atoms with Gasteiger partial charge in [-0.1, -0.05) is 11.6 Å².